The number of H-pyrrole nitrogens is 1. The average molecular weight is 372 g/mol. The molecule has 1 aromatic heterocycles. The molecule has 0 saturated heterocycles. The summed E-state index contributed by atoms with van der Waals surface area (Å²) in [4.78, 5) is 19.4. The van der Waals surface area contributed by atoms with Crippen LogP contribution in [0.2, 0.25) is 0 Å². The van der Waals surface area contributed by atoms with Crippen LogP contribution in [0.4, 0.5) is 5.69 Å². The van der Waals surface area contributed by atoms with Crippen LogP contribution >= 0.6 is 0 Å². The fourth-order valence-electron chi connectivity index (χ4n) is 3.14. The number of ether oxygens (including phenoxy) is 1. The van der Waals surface area contributed by atoms with Gasteiger partial charge in [0.25, 0.3) is 5.91 Å². The van der Waals surface area contributed by atoms with Crippen LogP contribution in [-0.2, 0) is 6.54 Å². The summed E-state index contributed by atoms with van der Waals surface area (Å²) in [6.07, 6.45) is 0. The second-order valence-electron chi connectivity index (χ2n) is 6.40. The molecule has 1 heterocycles. The van der Waals surface area contributed by atoms with Crippen molar-refractivity contribution in [3.63, 3.8) is 0 Å². The van der Waals surface area contributed by atoms with E-state index in [4.69, 9.17) is 10.5 Å². The number of hydrogen-bond acceptors (Lipinski definition) is 4. The van der Waals surface area contributed by atoms with E-state index in [0.717, 1.165) is 28.1 Å². The summed E-state index contributed by atoms with van der Waals surface area (Å²) >= 11 is 0. The maximum Gasteiger partial charge on any atom is 0.250 e. The van der Waals surface area contributed by atoms with Crippen LogP contribution in [0.5, 0.6) is 5.75 Å². The predicted molar refractivity (Wildman–Crippen MR) is 110 cm³/mol. The predicted octanol–water partition coefficient (Wildman–Crippen LogP) is 3.95. The van der Waals surface area contributed by atoms with Gasteiger partial charge in [0.15, 0.2) is 0 Å². The first-order valence-electron chi connectivity index (χ1n) is 8.90. The van der Waals surface area contributed by atoms with E-state index in [-0.39, 0.29) is 0 Å². The van der Waals surface area contributed by atoms with E-state index < -0.39 is 5.91 Å². The van der Waals surface area contributed by atoms with E-state index in [1.165, 1.54) is 0 Å². The third-order valence-electron chi connectivity index (χ3n) is 4.60. The van der Waals surface area contributed by atoms with Crippen LogP contribution in [0.3, 0.4) is 0 Å². The van der Waals surface area contributed by atoms with E-state index in [9.17, 15) is 4.79 Å². The number of aromatic nitrogens is 2. The first kappa shape index (κ1) is 17.6. The van der Waals surface area contributed by atoms with Gasteiger partial charge >= 0.3 is 0 Å². The zero-order valence-electron chi connectivity index (χ0n) is 15.4. The molecule has 0 radical (unpaired) electrons. The molecule has 0 aliphatic heterocycles. The summed E-state index contributed by atoms with van der Waals surface area (Å²) in [5.74, 6) is 1.03. The molecule has 0 aliphatic carbocycles. The van der Waals surface area contributed by atoms with Crippen LogP contribution in [0.15, 0.2) is 66.7 Å². The number of imidazole rings is 1. The molecule has 0 atom stereocenters. The minimum atomic E-state index is -0.485. The van der Waals surface area contributed by atoms with Crippen molar-refractivity contribution in [3.8, 4) is 17.1 Å². The Balaban J connectivity index is 1.54. The first-order chi connectivity index (χ1) is 13.7. The molecule has 140 valence electrons. The van der Waals surface area contributed by atoms with Crippen LogP contribution in [-0.4, -0.2) is 23.0 Å². The number of rotatable bonds is 6. The Morgan fingerprint density at radius 1 is 1.07 bits per heavy atom. The fourth-order valence-corrected chi connectivity index (χ4v) is 3.14. The van der Waals surface area contributed by atoms with Gasteiger partial charge < -0.3 is 20.8 Å². The van der Waals surface area contributed by atoms with Crippen molar-refractivity contribution in [2.75, 3.05) is 12.4 Å². The number of para-hydroxylation sites is 3. The van der Waals surface area contributed by atoms with Gasteiger partial charge in [0.05, 0.1) is 23.9 Å². The highest BCUT2D eigenvalue weighted by atomic mass is 16.5. The fraction of sp³-hybridized carbons (Fsp3) is 0.0909. The lowest BCUT2D eigenvalue weighted by molar-refractivity contribution is 0.100. The summed E-state index contributed by atoms with van der Waals surface area (Å²) in [6, 6.07) is 21.3. The van der Waals surface area contributed by atoms with Gasteiger partial charge in [-0.25, -0.2) is 4.98 Å². The summed E-state index contributed by atoms with van der Waals surface area (Å²) in [5, 5.41) is 3.38. The topological polar surface area (TPSA) is 93.0 Å². The Morgan fingerprint density at radius 3 is 2.61 bits per heavy atom. The Bertz CT molecular complexity index is 1130. The van der Waals surface area contributed by atoms with Gasteiger partial charge in [0, 0.05) is 12.1 Å². The number of fused-ring (bicyclic) bond motifs is 1. The quantitative estimate of drug-likeness (QED) is 0.478. The molecule has 0 saturated carbocycles. The molecule has 0 unspecified atom stereocenters. The largest absolute Gasteiger partial charge is 0.495 e. The number of nitrogens with zero attached hydrogens (tertiary/aromatic N) is 1. The highest BCUT2D eigenvalue weighted by Gasteiger charge is 2.12. The molecule has 4 rings (SSSR count). The zero-order chi connectivity index (χ0) is 19.5. The highest BCUT2D eigenvalue weighted by Crippen LogP contribution is 2.25. The smallest absolute Gasteiger partial charge is 0.250 e. The van der Waals surface area contributed by atoms with Crippen molar-refractivity contribution in [3.05, 3.63) is 77.9 Å². The van der Waals surface area contributed by atoms with Crippen molar-refractivity contribution in [1.82, 2.24) is 9.97 Å². The van der Waals surface area contributed by atoms with Gasteiger partial charge in [-0.3, -0.25) is 4.79 Å². The second kappa shape index (κ2) is 7.44. The third kappa shape index (κ3) is 3.40. The number of methoxy groups -OCH3 is 1. The highest BCUT2D eigenvalue weighted by molar-refractivity contribution is 6.04. The van der Waals surface area contributed by atoms with Crippen LogP contribution in [0.1, 0.15) is 15.9 Å². The number of anilines is 1. The number of nitrogens with one attached hydrogen (secondary N) is 2. The van der Waals surface area contributed by atoms with Crippen LogP contribution in [0.25, 0.3) is 22.4 Å². The number of primary amides is 1. The van der Waals surface area contributed by atoms with E-state index >= 15 is 0 Å². The Labute approximate surface area is 162 Å². The third-order valence-corrected chi connectivity index (χ3v) is 4.60. The van der Waals surface area contributed by atoms with Gasteiger partial charge in [0.1, 0.15) is 17.1 Å². The maximum absolute atomic E-state index is 11.6. The maximum atomic E-state index is 11.6. The van der Waals surface area contributed by atoms with E-state index in [1.54, 1.807) is 19.2 Å². The molecular formula is C22H20N4O2. The van der Waals surface area contributed by atoms with Crippen molar-refractivity contribution in [2.24, 2.45) is 5.73 Å². The van der Waals surface area contributed by atoms with E-state index in [2.05, 4.69) is 15.3 Å². The van der Waals surface area contributed by atoms with Crippen molar-refractivity contribution in [2.45, 2.75) is 6.54 Å². The molecule has 0 spiro atoms. The summed E-state index contributed by atoms with van der Waals surface area (Å²) in [6.45, 7) is 0.673. The Hall–Kier alpha value is -3.80. The summed E-state index contributed by atoms with van der Waals surface area (Å²) < 4.78 is 5.36. The summed E-state index contributed by atoms with van der Waals surface area (Å²) in [5.41, 5.74) is 10.2. The molecule has 0 bridgehead atoms. The van der Waals surface area contributed by atoms with Gasteiger partial charge in [-0.2, -0.15) is 0 Å². The van der Waals surface area contributed by atoms with Crippen LogP contribution < -0.4 is 15.8 Å². The Kier molecular flexibility index (Phi) is 4.68. The molecule has 1 amide bonds. The number of carbonyl (C=O) groups excluding carboxylic acids is 1. The molecule has 0 aliphatic rings. The molecular weight excluding hydrogens is 352 g/mol. The molecule has 4 aromatic rings. The van der Waals surface area contributed by atoms with Gasteiger partial charge in [0.2, 0.25) is 0 Å². The molecule has 28 heavy (non-hydrogen) atoms. The number of hydrogen-bond donors (Lipinski definition) is 3. The van der Waals surface area contributed by atoms with E-state index in [0.29, 0.717) is 23.4 Å². The standard InChI is InChI=1S/C22H20N4O2/c1-28-19-8-3-2-6-17(19)24-13-14-9-11-15(12-10-14)22-25-18-7-4-5-16(21(23)27)20(18)26-22/h2-12,24H,13H2,1H3,(H2,23,27)(H,25,26). The molecule has 6 nitrogen and oxygen atoms in total. The average Bonchev–Trinajstić information content (AvgIpc) is 3.17. The number of amides is 1. The van der Waals surface area contributed by atoms with Crippen LogP contribution in [0, 0.1) is 0 Å². The van der Waals surface area contributed by atoms with E-state index in [1.807, 2.05) is 54.6 Å². The number of aromatic amines is 1. The minimum absolute atomic E-state index is 0.414. The van der Waals surface area contributed by atoms with Gasteiger partial charge in [-0.15, -0.1) is 0 Å². The second-order valence-corrected chi connectivity index (χ2v) is 6.40. The molecule has 6 heteroatoms. The van der Waals surface area contributed by atoms with Gasteiger partial charge in [-0.1, -0.05) is 42.5 Å². The lowest BCUT2D eigenvalue weighted by Crippen LogP contribution is -2.11. The normalized spacial score (nSPS) is 10.8. The molecule has 3 aromatic carbocycles. The SMILES string of the molecule is COc1ccccc1NCc1ccc(-c2nc3c(C(N)=O)cccc3[nH]2)cc1. The molecule has 4 N–H and O–H groups in total. The molecule has 0 fully saturated rings. The number of carbonyl (C=O) groups is 1. The Morgan fingerprint density at radius 2 is 1.86 bits per heavy atom. The number of nitrogens with two attached hydrogens (primary N) is 1. The lowest BCUT2D eigenvalue weighted by atomic mass is 10.1. The number of benzene rings is 3. The monoisotopic (exact) mass is 372 g/mol. The van der Waals surface area contributed by atoms with Crippen molar-refractivity contribution in [1.29, 1.82) is 0 Å². The summed E-state index contributed by atoms with van der Waals surface area (Å²) in [7, 11) is 1.66. The van der Waals surface area contributed by atoms with Crippen molar-refractivity contribution < 1.29 is 9.53 Å². The minimum Gasteiger partial charge on any atom is -0.495 e. The van der Waals surface area contributed by atoms with Gasteiger partial charge in [-0.05, 0) is 29.8 Å². The van der Waals surface area contributed by atoms with Crippen molar-refractivity contribution >= 4 is 22.6 Å². The first-order valence-corrected chi connectivity index (χ1v) is 8.90. The zero-order valence-corrected chi connectivity index (χ0v) is 15.4. The lowest BCUT2D eigenvalue weighted by Gasteiger charge is -2.11.